The van der Waals surface area contributed by atoms with Gasteiger partial charge in [-0.15, -0.1) is 0 Å². The molecule has 0 bridgehead atoms. The molecule has 0 aliphatic heterocycles. The summed E-state index contributed by atoms with van der Waals surface area (Å²) < 4.78 is 4.96. The Kier molecular flexibility index (Phi) is 5.57. The highest BCUT2D eigenvalue weighted by Gasteiger charge is 2.09. The molecule has 0 spiro atoms. The van der Waals surface area contributed by atoms with Crippen molar-refractivity contribution >= 4 is 29.1 Å². The third-order valence-electron chi connectivity index (χ3n) is 2.02. The molecule has 0 aliphatic carbocycles. The number of primary amides is 1. The fraction of sp³-hybridized carbons (Fsp3) is 0.273. The van der Waals surface area contributed by atoms with Gasteiger partial charge < -0.3 is 21.5 Å². The summed E-state index contributed by atoms with van der Waals surface area (Å²) >= 11 is 5.88. The number of carbonyl (C=O) groups excluding carboxylic acids is 2. The van der Waals surface area contributed by atoms with E-state index in [0.717, 1.165) is 0 Å². The number of ether oxygens (including phenoxy) is 1. The Morgan fingerprint density at radius 2 is 2.11 bits per heavy atom. The molecular weight excluding hydrogens is 258 g/mol. The second-order valence-corrected chi connectivity index (χ2v) is 3.86. The third-order valence-corrected chi connectivity index (χ3v) is 2.35. The van der Waals surface area contributed by atoms with E-state index in [0.29, 0.717) is 23.9 Å². The first-order chi connectivity index (χ1) is 8.54. The van der Waals surface area contributed by atoms with Gasteiger partial charge in [0.15, 0.2) is 0 Å². The van der Waals surface area contributed by atoms with Gasteiger partial charge in [0.05, 0.1) is 17.3 Å². The van der Waals surface area contributed by atoms with Crippen molar-refractivity contribution in [3.05, 3.63) is 28.8 Å². The molecule has 0 heterocycles. The summed E-state index contributed by atoms with van der Waals surface area (Å²) in [6.45, 7) is 0.502. The first kappa shape index (κ1) is 14.4. The van der Waals surface area contributed by atoms with E-state index < -0.39 is 5.91 Å². The number of anilines is 1. The Labute approximate surface area is 109 Å². The smallest absolute Gasteiger partial charge is 0.250 e. The highest BCUT2D eigenvalue weighted by Crippen LogP contribution is 2.22. The zero-order valence-corrected chi connectivity index (χ0v) is 10.4. The number of amides is 2. The van der Waals surface area contributed by atoms with E-state index in [4.69, 9.17) is 27.8 Å². The molecule has 0 radical (unpaired) electrons. The van der Waals surface area contributed by atoms with Crippen LogP contribution in [0.2, 0.25) is 5.02 Å². The number of rotatable bonds is 6. The summed E-state index contributed by atoms with van der Waals surface area (Å²) in [5.74, 6) is -0.978. The molecule has 6 nitrogen and oxygen atoms in total. The molecule has 2 amide bonds. The summed E-state index contributed by atoms with van der Waals surface area (Å²) in [6.07, 6.45) is 0. The van der Waals surface area contributed by atoms with Crippen molar-refractivity contribution in [1.82, 2.24) is 0 Å². The molecule has 0 aromatic heterocycles. The number of carbonyl (C=O) groups is 2. The predicted molar refractivity (Wildman–Crippen MR) is 68.5 cm³/mol. The molecule has 0 aliphatic rings. The van der Waals surface area contributed by atoms with Gasteiger partial charge in [0.2, 0.25) is 11.8 Å². The SMILES string of the molecule is NCCOCC(=O)Nc1cc(C(N)=O)ccc1Cl. The molecule has 1 aromatic carbocycles. The summed E-state index contributed by atoms with van der Waals surface area (Å²) in [5.41, 5.74) is 10.9. The molecule has 0 atom stereocenters. The topological polar surface area (TPSA) is 107 Å². The third kappa shape index (κ3) is 4.33. The van der Waals surface area contributed by atoms with E-state index in [1.54, 1.807) is 0 Å². The molecule has 18 heavy (non-hydrogen) atoms. The van der Waals surface area contributed by atoms with Gasteiger partial charge in [-0.25, -0.2) is 0 Å². The maximum absolute atomic E-state index is 11.5. The average molecular weight is 272 g/mol. The molecular formula is C11H14ClN3O3. The number of hydrogen-bond donors (Lipinski definition) is 3. The van der Waals surface area contributed by atoms with Crippen molar-refractivity contribution in [3.63, 3.8) is 0 Å². The Bertz CT molecular complexity index is 451. The highest BCUT2D eigenvalue weighted by molar-refractivity contribution is 6.33. The van der Waals surface area contributed by atoms with E-state index in [2.05, 4.69) is 5.32 Å². The van der Waals surface area contributed by atoms with Gasteiger partial charge in [-0.05, 0) is 18.2 Å². The molecule has 5 N–H and O–H groups in total. The summed E-state index contributed by atoms with van der Waals surface area (Å²) in [6, 6.07) is 4.37. The van der Waals surface area contributed by atoms with Crippen LogP contribution in [0.4, 0.5) is 5.69 Å². The number of nitrogens with two attached hydrogens (primary N) is 2. The lowest BCUT2D eigenvalue weighted by Gasteiger charge is -2.08. The van der Waals surface area contributed by atoms with Crippen LogP contribution in [0.1, 0.15) is 10.4 Å². The van der Waals surface area contributed by atoms with E-state index in [1.807, 2.05) is 0 Å². The molecule has 1 rings (SSSR count). The Hall–Kier alpha value is -1.63. The maximum atomic E-state index is 11.5. The van der Waals surface area contributed by atoms with E-state index in [1.165, 1.54) is 18.2 Å². The van der Waals surface area contributed by atoms with Crippen LogP contribution in [-0.2, 0) is 9.53 Å². The van der Waals surface area contributed by atoms with Gasteiger partial charge in [-0.3, -0.25) is 9.59 Å². The molecule has 0 unspecified atom stereocenters. The quantitative estimate of drug-likeness (QED) is 0.649. The first-order valence-electron chi connectivity index (χ1n) is 5.21. The van der Waals surface area contributed by atoms with E-state index in [-0.39, 0.29) is 18.1 Å². The van der Waals surface area contributed by atoms with Gasteiger partial charge in [0, 0.05) is 12.1 Å². The van der Waals surface area contributed by atoms with E-state index in [9.17, 15) is 9.59 Å². The van der Waals surface area contributed by atoms with E-state index >= 15 is 0 Å². The van der Waals surface area contributed by atoms with Crippen molar-refractivity contribution < 1.29 is 14.3 Å². The van der Waals surface area contributed by atoms with Crippen molar-refractivity contribution in [3.8, 4) is 0 Å². The minimum Gasteiger partial charge on any atom is -0.370 e. The molecule has 7 heteroatoms. The molecule has 0 fully saturated rings. The van der Waals surface area contributed by atoms with Gasteiger partial charge in [-0.2, -0.15) is 0 Å². The second kappa shape index (κ2) is 6.95. The van der Waals surface area contributed by atoms with Crippen LogP contribution in [0.15, 0.2) is 18.2 Å². The van der Waals surface area contributed by atoms with Gasteiger partial charge in [-0.1, -0.05) is 11.6 Å². The Morgan fingerprint density at radius 3 is 2.72 bits per heavy atom. The van der Waals surface area contributed by atoms with Gasteiger partial charge >= 0.3 is 0 Å². The molecule has 98 valence electrons. The fourth-order valence-corrected chi connectivity index (χ4v) is 1.37. The fourth-order valence-electron chi connectivity index (χ4n) is 1.21. The lowest BCUT2D eigenvalue weighted by molar-refractivity contribution is -0.120. The maximum Gasteiger partial charge on any atom is 0.250 e. The molecule has 1 aromatic rings. The zero-order valence-electron chi connectivity index (χ0n) is 9.61. The van der Waals surface area contributed by atoms with Crippen LogP contribution in [-0.4, -0.2) is 31.6 Å². The Balaban J connectivity index is 2.68. The van der Waals surface area contributed by atoms with Crippen molar-refractivity contribution in [2.45, 2.75) is 0 Å². The number of nitrogens with one attached hydrogen (secondary N) is 1. The average Bonchev–Trinajstić information content (AvgIpc) is 2.32. The highest BCUT2D eigenvalue weighted by atomic mass is 35.5. The molecule has 0 saturated carbocycles. The predicted octanol–water partition coefficient (Wildman–Crippen LogP) is 0.353. The van der Waals surface area contributed by atoms with Crippen LogP contribution in [0.25, 0.3) is 0 Å². The summed E-state index contributed by atoms with van der Waals surface area (Å²) in [5, 5.41) is 2.83. The first-order valence-corrected chi connectivity index (χ1v) is 5.59. The van der Waals surface area contributed by atoms with Crippen molar-refractivity contribution in [1.29, 1.82) is 0 Å². The summed E-state index contributed by atoms with van der Waals surface area (Å²) in [4.78, 5) is 22.5. The Morgan fingerprint density at radius 1 is 1.39 bits per heavy atom. The summed E-state index contributed by atoms with van der Waals surface area (Å²) in [7, 11) is 0. The minimum absolute atomic E-state index is 0.131. The van der Waals surface area contributed by atoms with Crippen LogP contribution in [0.5, 0.6) is 0 Å². The van der Waals surface area contributed by atoms with Crippen molar-refractivity contribution in [2.24, 2.45) is 11.5 Å². The van der Waals surface area contributed by atoms with Gasteiger partial charge in [0.1, 0.15) is 6.61 Å². The van der Waals surface area contributed by atoms with Crippen molar-refractivity contribution in [2.75, 3.05) is 25.1 Å². The standard InChI is InChI=1S/C11H14ClN3O3/c12-8-2-1-7(11(14)17)5-9(8)15-10(16)6-18-4-3-13/h1-2,5H,3-4,6,13H2,(H2,14,17)(H,15,16). The lowest BCUT2D eigenvalue weighted by Crippen LogP contribution is -2.21. The van der Waals surface area contributed by atoms with Crippen LogP contribution in [0.3, 0.4) is 0 Å². The zero-order chi connectivity index (χ0) is 13.5. The number of halogens is 1. The number of hydrogen-bond acceptors (Lipinski definition) is 4. The molecule has 0 saturated heterocycles. The minimum atomic E-state index is -0.596. The number of benzene rings is 1. The van der Waals surface area contributed by atoms with Crippen LogP contribution in [0, 0.1) is 0 Å². The monoisotopic (exact) mass is 271 g/mol. The van der Waals surface area contributed by atoms with Crippen LogP contribution >= 0.6 is 11.6 Å². The van der Waals surface area contributed by atoms with Crippen LogP contribution < -0.4 is 16.8 Å². The van der Waals surface area contributed by atoms with Gasteiger partial charge in [0.25, 0.3) is 0 Å². The largest absolute Gasteiger partial charge is 0.370 e. The lowest BCUT2D eigenvalue weighted by atomic mass is 10.2. The normalized spacial score (nSPS) is 10.1. The second-order valence-electron chi connectivity index (χ2n) is 3.45.